The molecule has 0 radical (unpaired) electrons. The molecule has 0 aliphatic heterocycles. The maximum absolute atomic E-state index is 13.9. The van der Waals surface area contributed by atoms with Crippen LogP contribution >= 0.6 is 0 Å². The molecule has 0 spiro atoms. The highest BCUT2D eigenvalue weighted by Crippen LogP contribution is 2.31. The summed E-state index contributed by atoms with van der Waals surface area (Å²) < 4.78 is 24.2. The minimum Gasteiger partial charge on any atom is -0.497 e. The van der Waals surface area contributed by atoms with Crippen LogP contribution in [0.4, 0.5) is 4.39 Å². The Labute approximate surface area is 115 Å². The number of methoxy groups -OCH3 is 2. The van der Waals surface area contributed by atoms with Crippen molar-refractivity contribution >= 4 is 5.97 Å². The van der Waals surface area contributed by atoms with Crippen molar-refractivity contribution in [2.75, 3.05) is 14.2 Å². The Morgan fingerprint density at radius 3 is 2.15 bits per heavy atom. The van der Waals surface area contributed by atoms with E-state index < -0.39 is 11.8 Å². The van der Waals surface area contributed by atoms with Crippen molar-refractivity contribution < 1.29 is 23.8 Å². The van der Waals surface area contributed by atoms with Crippen LogP contribution < -0.4 is 9.47 Å². The summed E-state index contributed by atoms with van der Waals surface area (Å²) in [5.74, 6) is -0.620. The molecule has 0 saturated heterocycles. The second-order valence-corrected chi connectivity index (χ2v) is 4.10. The predicted molar refractivity (Wildman–Crippen MR) is 71.9 cm³/mol. The highest BCUT2D eigenvalue weighted by Gasteiger charge is 2.12. The highest BCUT2D eigenvalue weighted by atomic mass is 19.1. The maximum Gasteiger partial charge on any atom is 0.335 e. The molecule has 104 valence electrons. The lowest BCUT2D eigenvalue weighted by Crippen LogP contribution is -1.98. The van der Waals surface area contributed by atoms with Crippen LogP contribution in [0.2, 0.25) is 0 Å². The van der Waals surface area contributed by atoms with Gasteiger partial charge < -0.3 is 14.6 Å². The van der Waals surface area contributed by atoms with Crippen molar-refractivity contribution in [1.29, 1.82) is 0 Å². The molecule has 0 bridgehead atoms. The molecule has 4 nitrogen and oxygen atoms in total. The number of carboxylic acid groups (broad SMARTS) is 1. The average Bonchev–Trinajstić information content (AvgIpc) is 2.46. The van der Waals surface area contributed by atoms with Gasteiger partial charge in [-0.3, -0.25) is 0 Å². The van der Waals surface area contributed by atoms with Crippen LogP contribution in [0.15, 0.2) is 36.4 Å². The van der Waals surface area contributed by atoms with E-state index in [-0.39, 0.29) is 11.1 Å². The van der Waals surface area contributed by atoms with Gasteiger partial charge in [0.25, 0.3) is 0 Å². The van der Waals surface area contributed by atoms with Gasteiger partial charge in [0, 0.05) is 11.6 Å². The van der Waals surface area contributed by atoms with Crippen molar-refractivity contribution in [3.63, 3.8) is 0 Å². The van der Waals surface area contributed by atoms with Gasteiger partial charge in [0.15, 0.2) is 0 Å². The summed E-state index contributed by atoms with van der Waals surface area (Å²) in [5, 5.41) is 8.98. The summed E-state index contributed by atoms with van der Waals surface area (Å²) in [5.41, 5.74) is 0.687. The fourth-order valence-corrected chi connectivity index (χ4v) is 1.84. The quantitative estimate of drug-likeness (QED) is 0.931. The molecule has 0 unspecified atom stereocenters. The van der Waals surface area contributed by atoms with Gasteiger partial charge in [-0.2, -0.15) is 0 Å². The van der Waals surface area contributed by atoms with Crippen molar-refractivity contribution in [2.45, 2.75) is 0 Å². The summed E-state index contributed by atoms with van der Waals surface area (Å²) in [6.45, 7) is 0. The number of carboxylic acids is 1. The molecule has 2 aromatic carbocycles. The first-order valence-electron chi connectivity index (χ1n) is 5.81. The number of halogens is 1. The summed E-state index contributed by atoms with van der Waals surface area (Å²) in [4.78, 5) is 11.0. The standard InChI is InChI=1S/C15H13FO4/c1-19-11-5-10(6-12(8-11)20-2)13-7-9(15(17)18)3-4-14(13)16/h3-8H,1-2H3,(H,17,18). The molecule has 2 rings (SSSR count). The van der Waals surface area contributed by atoms with E-state index in [2.05, 4.69) is 0 Å². The van der Waals surface area contributed by atoms with Crippen LogP contribution in [-0.2, 0) is 0 Å². The number of aromatic carboxylic acids is 1. The largest absolute Gasteiger partial charge is 0.497 e. The van der Waals surface area contributed by atoms with E-state index in [4.69, 9.17) is 14.6 Å². The van der Waals surface area contributed by atoms with Crippen LogP contribution in [0.25, 0.3) is 11.1 Å². The van der Waals surface area contributed by atoms with Gasteiger partial charge in [-0.25, -0.2) is 9.18 Å². The third kappa shape index (κ3) is 2.71. The van der Waals surface area contributed by atoms with Crippen molar-refractivity contribution in [3.8, 4) is 22.6 Å². The Kier molecular flexibility index (Phi) is 3.89. The van der Waals surface area contributed by atoms with Crippen LogP contribution in [0.5, 0.6) is 11.5 Å². The summed E-state index contributed by atoms with van der Waals surface area (Å²) >= 11 is 0. The lowest BCUT2D eigenvalue weighted by molar-refractivity contribution is 0.0697. The van der Waals surface area contributed by atoms with E-state index in [1.807, 2.05) is 0 Å². The van der Waals surface area contributed by atoms with Crippen LogP contribution in [-0.4, -0.2) is 25.3 Å². The molecule has 0 aliphatic carbocycles. The van der Waals surface area contributed by atoms with E-state index in [0.717, 1.165) is 6.07 Å². The predicted octanol–water partition coefficient (Wildman–Crippen LogP) is 3.21. The maximum atomic E-state index is 13.9. The Balaban J connectivity index is 2.60. The van der Waals surface area contributed by atoms with E-state index in [1.54, 1.807) is 18.2 Å². The van der Waals surface area contributed by atoms with Gasteiger partial charge >= 0.3 is 5.97 Å². The molecule has 0 saturated carbocycles. The fourth-order valence-electron chi connectivity index (χ4n) is 1.84. The third-order valence-electron chi connectivity index (χ3n) is 2.88. The molecule has 0 amide bonds. The topological polar surface area (TPSA) is 55.8 Å². The molecule has 0 aromatic heterocycles. The first-order valence-corrected chi connectivity index (χ1v) is 5.81. The van der Waals surface area contributed by atoms with Crippen LogP contribution in [0.1, 0.15) is 10.4 Å². The molecule has 2 aromatic rings. The monoisotopic (exact) mass is 276 g/mol. The summed E-state index contributed by atoms with van der Waals surface area (Å²) in [7, 11) is 2.98. The average molecular weight is 276 g/mol. The SMILES string of the molecule is COc1cc(OC)cc(-c2cc(C(=O)O)ccc2F)c1. The molecular weight excluding hydrogens is 263 g/mol. The normalized spacial score (nSPS) is 10.2. The smallest absolute Gasteiger partial charge is 0.335 e. The van der Waals surface area contributed by atoms with Crippen molar-refractivity contribution in [1.82, 2.24) is 0 Å². The van der Waals surface area contributed by atoms with E-state index >= 15 is 0 Å². The zero-order valence-corrected chi connectivity index (χ0v) is 11.0. The van der Waals surface area contributed by atoms with Gasteiger partial charge in [0.05, 0.1) is 19.8 Å². The van der Waals surface area contributed by atoms with Gasteiger partial charge in [-0.15, -0.1) is 0 Å². The lowest BCUT2D eigenvalue weighted by Gasteiger charge is -2.10. The lowest BCUT2D eigenvalue weighted by atomic mass is 10.0. The van der Waals surface area contributed by atoms with E-state index in [9.17, 15) is 9.18 Å². The molecule has 5 heteroatoms. The molecule has 0 atom stereocenters. The first-order chi connectivity index (χ1) is 9.55. The highest BCUT2D eigenvalue weighted by molar-refractivity contribution is 5.89. The number of ether oxygens (including phenoxy) is 2. The van der Waals surface area contributed by atoms with E-state index in [1.165, 1.54) is 26.4 Å². The summed E-state index contributed by atoms with van der Waals surface area (Å²) in [6.07, 6.45) is 0. The Bertz CT molecular complexity index is 630. The second kappa shape index (κ2) is 5.61. The number of hydrogen-bond donors (Lipinski definition) is 1. The fraction of sp³-hybridized carbons (Fsp3) is 0.133. The molecule has 0 aliphatic rings. The number of carbonyl (C=O) groups is 1. The van der Waals surface area contributed by atoms with Crippen LogP contribution in [0.3, 0.4) is 0 Å². The van der Waals surface area contributed by atoms with E-state index in [0.29, 0.717) is 17.1 Å². The molecule has 1 N–H and O–H groups in total. The molecule has 0 fully saturated rings. The van der Waals surface area contributed by atoms with Crippen LogP contribution in [0, 0.1) is 5.82 Å². The molecule has 20 heavy (non-hydrogen) atoms. The van der Waals surface area contributed by atoms with Crippen molar-refractivity contribution in [3.05, 3.63) is 47.8 Å². The zero-order chi connectivity index (χ0) is 14.7. The van der Waals surface area contributed by atoms with Gasteiger partial charge in [0.2, 0.25) is 0 Å². The molecular formula is C15H13FO4. The Hall–Kier alpha value is -2.56. The van der Waals surface area contributed by atoms with Gasteiger partial charge in [0.1, 0.15) is 17.3 Å². The Morgan fingerprint density at radius 1 is 1.05 bits per heavy atom. The minimum absolute atomic E-state index is 0.0168. The number of rotatable bonds is 4. The van der Waals surface area contributed by atoms with Crippen molar-refractivity contribution in [2.24, 2.45) is 0 Å². The number of benzene rings is 2. The third-order valence-corrected chi connectivity index (χ3v) is 2.88. The second-order valence-electron chi connectivity index (χ2n) is 4.10. The molecule has 0 heterocycles. The van der Waals surface area contributed by atoms with Gasteiger partial charge in [-0.05, 0) is 35.9 Å². The zero-order valence-electron chi connectivity index (χ0n) is 11.0. The number of hydrogen-bond acceptors (Lipinski definition) is 3. The minimum atomic E-state index is -1.11. The Morgan fingerprint density at radius 2 is 1.65 bits per heavy atom. The first kappa shape index (κ1) is 13.9. The van der Waals surface area contributed by atoms with Gasteiger partial charge in [-0.1, -0.05) is 0 Å². The summed E-state index contributed by atoms with van der Waals surface area (Å²) in [6, 6.07) is 8.52.